The molecular formula is C14H25NO4. The fourth-order valence-electron chi connectivity index (χ4n) is 2.14. The van der Waals surface area contributed by atoms with E-state index in [1.165, 1.54) is 0 Å². The first-order chi connectivity index (χ1) is 8.87. The molecule has 1 amide bonds. The summed E-state index contributed by atoms with van der Waals surface area (Å²) in [6, 6.07) is 0. The van der Waals surface area contributed by atoms with Crippen LogP contribution in [0.2, 0.25) is 0 Å². The molecule has 0 unspecified atom stereocenters. The molecule has 1 aliphatic rings. The molecule has 1 rings (SSSR count). The monoisotopic (exact) mass is 271 g/mol. The van der Waals surface area contributed by atoms with Crippen molar-refractivity contribution in [1.82, 2.24) is 4.90 Å². The molecule has 0 atom stereocenters. The maximum absolute atomic E-state index is 11.9. The average molecular weight is 271 g/mol. The summed E-state index contributed by atoms with van der Waals surface area (Å²) in [6.07, 6.45) is 1.72. The topological polar surface area (TPSA) is 70.0 Å². The van der Waals surface area contributed by atoms with Crippen LogP contribution in [-0.4, -0.2) is 53.1 Å². The first-order valence-electron chi connectivity index (χ1n) is 6.77. The summed E-state index contributed by atoms with van der Waals surface area (Å²) in [5.74, 6) is 0. The van der Waals surface area contributed by atoms with Crippen LogP contribution in [0.4, 0.5) is 4.79 Å². The second-order valence-electron chi connectivity index (χ2n) is 5.81. The van der Waals surface area contributed by atoms with Gasteiger partial charge in [-0.1, -0.05) is 5.57 Å². The minimum absolute atomic E-state index is 0.0116. The number of likely N-dealkylation sites (tertiary alicyclic amines) is 1. The Morgan fingerprint density at radius 2 is 1.84 bits per heavy atom. The highest BCUT2D eigenvalue weighted by molar-refractivity contribution is 5.68. The van der Waals surface area contributed by atoms with Crippen LogP contribution in [0, 0.1) is 0 Å². The summed E-state index contributed by atoms with van der Waals surface area (Å²) in [7, 11) is 0. The number of nitrogens with zero attached hydrogens (tertiary/aromatic N) is 1. The second-order valence-corrected chi connectivity index (χ2v) is 5.81. The van der Waals surface area contributed by atoms with Crippen molar-refractivity contribution in [2.24, 2.45) is 0 Å². The molecule has 0 aliphatic carbocycles. The molecule has 1 aliphatic heterocycles. The largest absolute Gasteiger partial charge is 0.444 e. The van der Waals surface area contributed by atoms with Crippen molar-refractivity contribution in [2.45, 2.75) is 45.6 Å². The molecule has 0 bridgehead atoms. The molecule has 0 aromatic carbocycles. The molecule has 2 N–H and O–H groups in total. The lowest BCUT2D eigenvalue weighted by Crippen LogP contribution is -2.40. The van der Waals surface area contributed by atoms with Gasteiger partial charge in [-0.2, -0.15) is 0 Å². The first-order valence-corrected chi connectivity index (χ1v) is 6.77. The molecule has 5 nitrogen and oxygen atoms in total. The first kappa shape index (κ1) is 16.0. The summed E-state index contributed by atoms with van der Waals surface area (Å²) in [5.41, 5.74) is 1.60. The fourth-order valence-corrected chi connectivity index (χ4v) is 2.14. The Balaban J connectivity index is 2.55. The number of amides is 1. The number of aliphatic hydroxyl groups is 2. The van der Waals surface area contributed by atoms with E-state index in [4.69, 9.17) is 9.84 Å². The van der Waals surface area contributed by atoms with Gasteiger partial charge >= 0.3 is 6.09 Å². The van der Waals surface area contributed by atoms with Crippen molar-refractivity contribution in [3.63, 3.8) is 0 Å². The predicted octanol–water partition coefficient (Wildman–Crippen LogP) is 1.69. The average Bonchev–Trinajstić information content (AvgIpc) is 2.34. The quantitative estimate of drug-likeness (QED) is 0.766. The Bertz CT molecular complexity index is 334. The van der Waals surface area contributed by atoms with Crippen LogP contribution >= 0.6 is 0 Å². The highest BCUT2D eigenvalue weighted by atomic mass is 16.6. The van der Waals surface area contributed by atoms with Gasteiger partial charge in [0.2, 0.25) is 0 Å². The van der Waals surface area contributed by atoms with Gasteiger partial charge in [0.25, 0.3) is 0 Å². The molecule has 5 heteroatoms. The highest BCUT2D eigenvalue weighted by Gasteiger charge is 2.25. The zero-order valence-corrected chi connectivity index (χ0v) is 12.1. The summed E-state index contributed by atoms with van der Waals surface area (Å²) < 4.78 is 5.33. The number of carbonyl (C=O) groups is 1. The van der Waals surface area contributed by atoms with E-state index in [-0.39, 0.29) is 19.3 Å². The highest BCUT2D eigenvalue weighted by Crippen LogP contribution is 2.23. The maximum Gasteiger partial charge on any atom is 0.410 e. The third kappa shape index (κ3) is 5.20. The fraction of sp³-hybridized carbons (Fsp3) is 0.786. The summed E-state index contributed by atoms with van der Waals surface area (Å²) in [5, 5.41) is 18.2. The Kier molecular flexibility index (Phi) is 5.82. The minimum Gasteiger partial charge on any atom is -0.444 e. The predicted molar refractivity (Wildman–Crippen MR) is 72.9 cm³/mol. The smallest absolute Gasteiger partial charge is 0.410 e. The molecule has 0 spiro atoms. The molecular weight excluding hydrogens is 246 g/mol. The lowest BCUT2D eigenvalue weighted by molar-refractivity contribution is 0.0235. The number of carbonyl (C=O) groups excluding carboxylic acids is 1. The van der Waals surface area contributed by atoms with Crippen LogP contribution in [0.1, 0.15) is 40.0 Å². The number of hydrogen-bond donors (Lipinski definition) is 2. The van der Waals surface area contributed by atoms with Crippen LogP contribution in [-0.2, 0) is 4.74 Å². The van der Waals surface area contributed by atoms with Gasteiger partial charge in [-0.15, -0.1) is 0 Å². The van der Waals surface area contributed by atoms with Gasteiger partial charge in [0, 0.05) is 19.7 Å². The lowest BCUT2D eigenvalue weighted by atomic mass is 9.97. The second kappa shape index (κ2) is 6.91. The number of ether oxygens (including phenoxy) is 1. The van der Waals surface area contributed by atoms with Crippen molar-refractivity contribution in [2.75, 3.05) is 26.3 Å². The SMILES string of the molecule is CC(C)(C)OC(=O)N1CCC(=C(CO)CCO)CC1. The van der Waals surface area contributed by atoms with E-state index in [9.17, 15) is 9.90 Å². The molecule has 0 radical (unpaired) electrons. The number of piperidine rings is 1. The van der Waals surface area contributed by atoms with Crippen molar-refractivity contribution in [3.8, 4) is 0 Å². The van der Waals surface area contributed by atoms with E-state index in [2.05, 4.69) is 0 Å². The van der Waals surface area contributed by atoms with Crippen LogP contribution in [0.3, 0.4) is 0 Å². The molecule has 0 saturated carbocycles. The van der Waals surface area contributed by atoms with Crippen molar-refractivity contribution < 1.29 is 19.7 Å². The molecule has 1 saturated heterocycles. The molecule has 110 valence electrons. The van der Waals surface area contributed by atoms with Crippen LogP contribution in [0.25, 0.3) is 0 Å². The van der Waals surface area contributed by atoms with Gasteiger partial charge in [-0.05, 0) is 45.6 Å². The van der Waals surface area contributed by atoms with Crippen molar-refractivity contribution >= 4 is 6.09 Å². The third-order valence-corrected chi connectivity index (χ3v) is 3.12. The van der Waals surface area contributed by atoms with Gasteiger partial charge in [0.1, 0.15) is 5.60 Å². The van der Waals surface area contributed by atoms with Gasteiger partial charge in [-0.25, -0.2) is 4.79 Å². The summed E-state index contributed by atoms with van der Waals surface area (Å²) in [4.78, 5) is 13.6. The molecule has 1 fully saturated rings. The number of hydrogen-bond acceptors (Lipinski definition) is 4. The Labute approximate surface area is 114 Å². The molecule has 0 aromatic heterocycles. The number of aliphatic hydroxyl groups excluding tert-OH is 2. The van der Waals surface area contributed by atoms with Gasteiger partial charge in [0.15, 0.2) is 0 Å². The Morgan fingerprint density at radius 1 is 1.26 bits per heavy atom. The van der Waals surface area contributed by atoms with E-state index < -0.39 is 5.60 Å². The zero-order valence-electron chi connectivity index (χ0n) is 12.1. The summed E-state index contributed by atoms with van der Waals surface area (Å²) >= 11 is 0. The van der Waals surface area contributed by atoms with Gasteiger partial charge < -0.3 is 19.8 Å². The van der Waals surface area contributed by atoms with E-state index in [1.54, 1.807) is 4.90 Å². The Morgan fingerprint density at radius 3 is 2.26 bits per heavy atom. The Hall–Kier alpha value is -1.07. The van der Waals surface area contributed by atoms with Crippen molar-refractivity contribution in [1.29, 1.82) is 0 Å². The van der Waals surface area contributed by atoms with Crippen LogP contribution in [0.15, 0.2) is 11.1 Å². The van der Waals surface area contributed by atoms with Crippen LogP contribution < -0.4 is 0 Å². The van der Waals surface area contributed by atoms with E-state index in [0.29, 0.717) is 19.5 Å². The zero-order chi connectivity index (χ0) is 14.5. The maximum atomic E-state index is 11.9. The molecule has 19 heavy (non-hydrogen) atoms. The van der Waals surface area contributed by atoms with E-state index >= 15 is 0 Å². The minimum atomic E-state index is -0.472. The number of rotatable bonds is 3. The lowest BCUT2D eigenvalue weighted by Gasteiger charge is -2.31. The summed E-state index contributed by atoms with van der Waals surface area (Å²) in [6.45, 7) is 6.82. The molecule has 0 aromatic rings. The van der Waals surface area contributed by atoms with Gasteiger partial charge in [-0.3, -0.25) is 0 Å². The van der Waals surface area contributed by atoms with E-state index in [0.717, 1.165) is 24.0 Å². The molecule has 1 heterocycles. The van der Waals surface area contributed by atoms with Gasteiger partial charge in [0.05, 0.1) is 6.61 Å². The van der Waals surface area contributed by atoms with E-state index in [1.807, 2.05) is 20.8 Å². The normalized spacial score (nSPS) is 16.5. The van der Waals surface area contributed by atoms with Crippen molar-refractivity contribution in [3.05, 3.63) is 11.1 Å². The third-order valence-electron chi connectivity index (χ3n) is 3.12. The van der Waals surface area contributed by atoms with Crippen LogP contribution in [0.5, 0.6) is 0 Å². The standard InChI is InChI=1S/C14H25NO4/c1-14(2,3)19-13(18)15-7-4-11(5-8-15)12(10-17)6-9-16/h16-17H,4-10H2,1-3H3.